The van der Waals surface area contributed by atoms with Crippen LogP contribution in [-0.4, -0.2) is 26.1 Å². The van der Waals surface area contributed by atoms with E-state index in [0.717, 1.165) is 28.9 Å². The highest BCUT2D eigenvalue weighted by Gasteiger charge is 2.11. The number of hydrogen-bond donors (Lipinski definition) is 1. The van der Waals surface area contributed by atoms with Gasteiger partial charge in [-0.15, -0.1) is 5.10 Å². The van der Waals surface area contributed by atoms with Crippen LogP contribution < -0.4 is 5.32 Å². The summed E-state index contributed by atoms with van der Waals surface area (Å²) in [5.41, 5.74) is 4.47. The number of para-hydroxylation sites is 1. The van der Waals surface area contributed by atoms with E-state index in [1.807, 2.05) is 37.3 Å². The summed E-state index contributed by atoms with van der Waals surface area (Å²) in [5, 5.41) is 14.0. The molecule has 6 nitrogen and oxygen atoms in total. The van der Waals surface area contributed by atoms with E-state index in [1.165, 1.54) is 11.0 Å². The topological polar surface area (TPSA) is 72.7 Å². The zero-order valence-electron chi connectivity index (χ0n) is 13.0. The average Bonchev–Trinajstić information content (AvgIpc) is 3.11. The van der Waals surface area contributed by atoms with Crippen molar-refractivity contribution in [2.45, 2.75) is 20.3 Å². The summed E-state index contributed by atoms with van der Waals surface area (Å²) in [6, 6.07) is 13.2. The maximum absolute atomic E-state index is 12.5. The highest BCUT2D eigenvalue weighted by Crippen LogP contribution is 2.22. The summed E-state index contributed by atoms with van der Waals surface area (Å²) in [7, 11) is 0. The molecule has 23 heavy (non-hydrogen) atoms. The fourth-order valence-corrected chi connectivity index (χ4v) is 2.43. The van der Waals surface area contributed by atoms with Crippen molar-refractivity contribution >= 4 is 11.6 Å². The van der Waals surface area contributed by atoms with E-state index < -0.39 is 0 Å². The van der Waals surface area contributed by atoms with E-state index >= 15 is 0 Å². The minimum absolute atomic E-state index is 0.128. The number of nitrogens with zero attached hydrogens (tertiary/aromatic N) is 4. The van der Waals surface area contributed by atoms with Crippen LogP contribution in [0, 0.1) is 6.92 Å². The summed E-state index contributed by atoms with van der Waals surface area (Å²) in [6.45, 7) is 4.07. The van der Waals surface area contributed by atoms with Gasteiger partial charge in [-0.25, -0.2) is 4.68 Å². The normalized spacial score (nSPS) is 10.5. The van der Waals surface area contributed by atoms with Gasteiger partial charge in [-0.1, -0.05) is 25.1 Å². The van der Waals surface area contributed by atoms with Gasteiger partial charge in [0, 0.05) is 11.3 Å². The van der Waals surface area contributed by atoms with Crippen molar-refractivity contribution in [3.05, 3.63) is 65.5 Å². The fourth-order valence-electron chi connectivity index (χ4n) is 2.43. The predicted molar refractivity (Wildman–Crippen MR) is 87.7 cm³/mol. The first kappa shape index (κ1) is 14.9. The zero-order chi connectivity index (χ0) is 16.2. The van der Waals surface area contributed by atoms with Gasteiger partial charge < -0.3 is 5.32 Å². The number of carbonyl (C=O) groups excluding carboxylic acids is 1. The molecule has 0 spiro atoms. The summed E-state index contributed by atoms with van der Waals surface area (Å²) in [6.07, 6.45) is 2.38. The molecule has 0 aliphatic heterocycles. The molecule has 0 radical (unpaired) electrons. The third-order valence-electron chi connectivity index (χ3n) is 3.72. The Hall–Kier alpha value is -3.02. The third-order valence-corrected chi connectivity index (χ3v) is 3.72. The van der Waals surface area contributed by atoms with Crippen LogP contribution in [0.2, 0.25) is 0 Å². The monoisotopic (exact) mass is 307 g/mol. The molecule has 0 aliphatic carbocycles. The van der Waals surface area contributed by atoms with Crippen LogP contribution in [0.1, 0.15) is 28.4 Å². The van der Waals surface area contributed by atoms with Crippen molar-refractivity contribution in [3.63, 3.8) is 0 Å². The van der Waals surface area contributed by atoms with E-state index in [2.05, 4.69) is 27.8 Å². The summed E-state index contributed by atoms with van der Waals surface area (Å²) >= 11 is 0. The maximum atomic E-state index is 12.5. The summed E-state index contributed by atoms with van der Waals surface area (Å²) in [5.74, 6) is -0.128. The highest BCUT2D eigenvalue weighted by atomic mass is 16.1. The van der Waals surface area contributed by atoms with Gasteiger partial charge in [-0.2, -0.15) is 0 Å². The highest BCUT2D eigenvalue weighted by molar-refractivity contribution is 6.05. The van der Waals surface area contributed by atoms with Crippen molar-refractivity contribution in [2.24, 2.45) is 0 Å². The number of amides is 1. The molecule has 1 N–H and O–H groups in total. The molecule has 0 bridgehead atoms. The second-order valence-corrected chi connectivity index (χ2v) is 5.22. The lowest BCUT2D eigenvalue weighted by Crippen LogP contribution is -2.14. The Bertz CT molecular complexity index is 810. The van der Waals surface area contributed by atoms with E-state index in [9.17, 15) is 4.79 Å². The Morgan fingerprint density at radius 3 is 2.61 bits per heavy atom. The van der Waals surface area contributed by atoms with Crippen molar-refractivity contribution in [1.82, 2.24) is 20.2 Å². The van der Waals surface area contributed by atoms with Gasteiger partial charge in [0.25, 0.3) is 5.91 Å². The van der Waals surface area contributed by atoms with Crippen molar-refractivity contribution < 1.29 is 4.79 Å². The molecule has 2 aromatic carbocycles. The van der Waals surface area contributed by atoms with Gasteiger partial charge in [0.05, 0.1) is 5.69 Å². The molecule has 3 rings (SSSR count). The quantitative estimate of drug-likeness (QED) is 0.804. The standard InChI is InChI=1S/C17H17N5O/c1-3-13-6-4-5-12(2)16(13)19-17(23)14-7-9-15(10-8-14)22-11-18-20-21-22/h4-11H,3H2,1-2H3,(H,19,23). The van der Waals surface area contributed by atoms with Crippen LogP contribution in [0.25, 0.3) is 5.69 Å². The number of benzene rings is 2. The lowest BCUT2D eigenvalue weighted by molar-refractivity contribution is 0.102. The molecule has 0 fully saturated rings. The van der Waals surface area contributed by atoms with Crippen LogP contribution in [-0.2, 0) is 6.42 Å². The molecule has 0 unspecified atom stereocenters. The van der Waals surface area contributed by atoms with Gasteiger partial charge in [-0.3, -0.25) is 4.79 Å². The molecular weight excluding hydrogens is 290 g/mol. The first-order valence-corrected chi connectivity index (χ1v) is 7.42. The third kappa shape index (κ3) is 3.11. The smallest absolute Gasteiger partial charge is 0.255 e. The van der Waals surface area contributed by atoms with Gasteiger partial charge in [0.1, 0.15) is 6.33 Å². The molecular formula is C17H17N5O. The summed E-state index contributed by atoms with van der Waals surface area (Å²) in [4.78, 5) is 12.5. The van der Waals surface area contributed by atoms with E-state index in [-0.39, 0.29) is 5.91 Å². The van der Waals surface area contributed by atoms with Gasteiger partial charge in [0.2, 0.25) is 0 Å². The molecule has 0 saturated carbocycles. The second kappa shape index (κ2) is 6.39. The molecule has 3 aromatic rings. The number of carbonyl (C=O) groups is 1. The zero-order valence-corrected chi connectivity index (χ0v) is 13.0. The van der Waals surface area contributed by atoms with Crippen molar-refractivity contribution in [2.75, 3.05) is 5.32 Å². The summed E-state index contributed by atoms with van der Waals surface area (Å²) < 4.78 is 1.54. The largest absolute Gasteiger partial charge is 0.321 e. The Morgan fingerprint density at radius 2 is 1.96 bits per heavy atom. The Morgan fingerprint density at radius 1 is 1.17 bits per heavy atom. The fraction of sp³-hybridized carbons (Fsp3) is 0.176. The molecule has 1 aromatic heterocycles. The molecule has 6 heteroatoms. The van der Waals surface area contributed by atoms with Crippen LogP contribution in [0.5, 0.6) is 0 Å². The molecule has 0 saturated heterocycles. The van der Waals surface area contributed by atoms with Crippen LogP contribution >= 0.6 is 0 Å². The Kier molecular flexibility index (Phi) is 4.14. The van der Waals surface area contributed by atoms with E-state index in [4.69, 9.17) is 0 Å². The predicted octanol–water partition coefficient (Wildman–Crippen LogP) is 2.79. The van der Waals surface area contributed by atoms with Gasteiger partial charge in [-0.05, 0) is 59.2 Å². The lowest BCUT2D eigenvalue weighted by Gasteiger charge is -2.13. The first-order chi connectivity index (χ1) is 11.2. The Labute approximate surface area is 134 Å². The number of tetrazole rings is 1. The number of aromatic nitrogens is 4. The molecule has 1 heterocycles. The molecule has 0 atom stereocenters. The minimum Gasteiger partial charge on any atom is -0.321 e. The number of rotatable bonds is 4. The average molecular weight is 307 g/mol. The molecule has 116 valence electrons. The van der Waals surface area contributed by atoms with Crippen LogP contribution in [0.4, 0.5) is 5.69 Å². The first-order valence-electron chi connectivity index (χ1n) is 7.42. The van der Waals surface area contributed by atoms with Crippen molar-refractivity contribution in [3.8, 4) is 5.69 Å². The number of anilines is 1. The van der Waals surface area contributed by atoms with Crippen molar-refractivity contribution in [1.29, 1.82) is 0 Å². The number of nitrogens with one attached hydrogen (secondary N) is 1. The number of aryl methyl sites for hydroxylation is 2. The van der Waals surface area contributed by atoms with Gasteiger partial charge >= 0.3 is 0 Å². The minimum atomic E-state index is -0.128. The molecule has 1 amide bonds. The molecule has 0 aliphatic rings. The van der Waals surface area contributed by atoms with Crippen LogP contribution in [0.15, 0.2) is 48.8 Å². The maximum Gasteiger partial charge on any atom is 0.255 e. The number of hydrogen-bond acceptors (Lipinski definition) is 4. The SMILES string of the molecule is CCc1cccc(C)c1NC(=O)c1ccc(-n2cnnn2)cc1. The van der Waals surface area contributed by atoms with Gasteiger partial charge in [0.15, 0.2) is 0 Å². The lowest BCUT2D eigenvalue weighted by atomic mass is 10.1. The van der Waals surface area contributed by atoms with E-state index in [1.54, 1.807) is 12.1 Å². The Balaban J connectivity index is 1.82. The van der Waals surface area contributed by atoms with Crippen LogP contribution in [0.3, 0.4) is 0 Å². The second-order valence-electron chi connectivity index (χ2n) is 5.22. The van der Waals surface area contributed by atoms with E-state index in [0.29, 0.717) is 5.56 Å².